The minimum atomic E-state index is -0.0818. The highest BCUT2D eigenvalue weighted by Crippen LogP contribution is 2.40. The van der Waals surface area contributed by atoms with Crippen molar-refractivity contribution in [3.63, 3.8) is 0 Å². The number of benzene rings is 1. The van der Waals surface area contributed by atoms with Crippen molar-refractivity contribution in [3.05, 3.63) is 35.4 Å². The van der Waals surface area contributed by atoms with E-state index in [9.17, 15) is 9.59 Å². The van der Waals surface area contributed by atoms with Crippen LogP contribution in [-0.4, -0.2) is 56.1 Å². The molecule has 3 atom stereocenters. The number of amides is 1. The lowest BCUT2D eigenvalue weighted by Crippen LogP contribution is -3.10. The molecule has 1 amide bonds. The number of nitrogens with one attached hydrogen (secondary N) is 1. The molecule has 0 unspecified atom stereocenters. The second-order valence-corrected chi connectivity index (χ2v) is 9.05. The molecule has 1 aromatic carbocycles. The van der Waals surface area contributed by atoms with Gasteiger partial charge in [-0.1, -0.05) is 24.3 Å². The Labute approximate surface area is 174 Å². The maximum atomic E-state index is 13.5. The van der Waals surface area contributed by atoms with Gasteiger partial charge in [-0.3, -0.25) is 9.59 Å². The second kappa shape index (κ2) is 9.29. The maximum Gasteiger partial charge on any atom is 0.309 e. The summed E-state index contributed by atoms with van der Waals surface area (Å²) in [7, 11) is 0. The van der Waals surface area contributed by atoms with Gasteiger partial charge in [-0.2, -0.15) is 0 Å². The Balaban J connectivity index is 1.39. The van der Waals surface area contributed by atoms with Crippen LogP contribution in [0, 0.1) is 17.8 Å². The standard InChI is InChI=1S/C24H34N2O3/c1-2-29-24(28)22-16-21(22)17-26(14-13-25-11-5-6-12-25)23(27)20-10-9-18-7-3-4-8-19(18)15-20/h3-4,7-8,20-22H,2,5-6,9-17H2,1H3/p+1/t20-,21+,22+/m1/s1. The second-order valence-electron chi connectivity index (χ2n) is 9.05. The van der Waals surface area contributed by atoms with Crippen LogP contribution in [0.3, 0.4) is 0 Å². The molecular formula is C24H35N2O3+. The van der Waals surface area contributed by atoms with Crippen LogP contribution < -0.4 is 4.90 Å². The molecule has 3 aliphatic rings. The van der Waals surface area contributed by atoms with E-state index in [1.807, 2.05) is 6.92 Å². The Hall–Kier alpha value is -1.88. The third-order valence-corrected chi connectivity index (χ3v) is 7.02. The summed E-state index contributed by atoms with van der Waals surface area (Å²) < 4.78 is 5.19. The van der Waals surface area contributed by atoms with Gasteiger partial charge in [0.25, 0.3) is 0 Å². The first-order valence-electron chi connectivity index (χ1n) is 11.5. The van der Waals surface area contributed by atoms with Crippen LogP contribution >= 0.6 is 0 Å². The molecule has 1 saturated heterocycles. The SMILES string of the molecule is CCOC(=O)[C@H]1C[C@H]1CN(CC[NH+]1CCCC1)C(=O)[C@@H]1CCc2ccccc2C1. The number of fused-ring (bicyclic) bond motifs is 1. The van der Waals surface area contributed by atoms with Gasteiger partial charge in [-0.05, 0) is 49.7 Å². The predicted octanol–water partition coefficient (Wildman–Crippen LogP) is 1.50. The Bertz CT molecular complexity index is 729. The fourth-order valence-corrected chi connectivity index (χ4v) is 5.15. The normalized spacial score (nSPS) is 26.0. The first kappa shape index (κ1) is 20.4. The van der Waals surface area contributed by atoms with Gasteiger partial charge in [0.05, 0.1) is 38.7 Å². The molecule has 5 nitrogen and oxygen atoms in total. The summed E-state index contributed by atoms with van der Waals surface area (Å²) in [6.45, 7) is 7.31. The molecule has 0 radical (unpaired) electrons. The highest BCUT2D eigenvalue weighted by atomic mass is 16.5. The lowest BCUT2D eigenvalue weighted by molar-refractivity contribution is -0.886. The molecule has 1 heterocycles. The molecule has 2 fully saturated rings. The van der Waals surface area contributed by atoms with Gasteiger partial charge >= 0.3 is 5.97 Å². The van der Waals surface area contributed by atoms with E-state index >= 15 is 0 Å². The molecule has 158 valence electrons. The molecule has 1 N–H and O–H groups in total. The van der Waals surface area contributed by atoms with E-state index in [0.29, 0.717) is 19.1 Å². The van der Waals surface area contributed by atoms with Crippen LogP contribution in [0.5, 0.6) is 0 Å². The minimum Gasteiger partial charge on any atom is -0.466 e. The van der Waals surface area contributed by atoms with Crippen LogP contribution in [0.25, 0.3) is 0 Å². The predicted molar refractivity (Wildman–Crippen MR) is 112 cm³/mol. The molecule has 1 aromatic rings. The summed E-state index contributed by atoms with van der Waals surface area (Å²) >= 11 is 0. The summed E-state index contributed by atoms with van der Waals surface area (Å²) in [5.41, 5.74) is 2.73. The van der Waals surface area contributed by atoms with Crippen LogP contribution in [0.4, 0.5) is 0 Å². The number of hydrogen-bond acceptors (Lipinski definition) is 3. The van der Waals surface area contributed by atoms with Gasteiger partial charge < -0.3 is 14.5 Å². The molecule has 4 rings (SSSR count). The molecule has 29 heavy (non-hydrogen) atoms. The number of hydrogen-bond donors (Lipinski definition) is 1. The quantitative estimate of drug-likeness (QED) is 0.674. The summed E-state index contributed by atoms with van der Waals surface area (Å²) in [4.78, 5) is 29.2. The summed E-state index contributed by atoms with van der Waals surface area (Å²) in [5.74, 6) is 0.575. The van der Waals surface area contributed by atoms with E-state index < -0.39 is 0 Å². The number of quaternary nitrogens is 1. The zero-order valence-corrected chi connectivity index (χ0v) is 17.7. The van der Waals surface area contributed by atoms with E-state index in [4.69, 9.17) is 4.74 Å². The number of ether oxygens (including phenoxy) is 1. The van der Waals surface area contributed by atoms with Crippen LogP contribution in [0.2, 0.25) is 0 Å². The van der Waals surface area contributed by atoms with Gasteiger partial charge in [-0.25, -0.2) is 0 Å². The van der Waals surface area contributed by atoms with E-state index in [0.717, 1.165) is 38.8 Å². The molecule has 5 heteroatoms. The first-order chi connectivity index (χ1) is 14.2. The number of carbonyl (C=O) groups is 2. The van der Waals surface area contributed by atoms with E-state index in [1.54, 1.807) is 4.90 Å². The van der Waals surface area contributed by atoms with Gasteiger partial charge in [0.2, 0.25) is 5.91 Å². The number of rotatable bonds is 8. The molecule has 0 spiro atoms. The molecule has 2 aliphatic carbocycles. The van der Waals surface area contributed by atoms with Crippen molar-refractivity contribution in [2.24, 2.45) is 17.8 Å². The lowest BCUT2D eigenvalue weighted by Gasteiger charge is -2.31. The average molecular weight is 400 g/mol. The van der Waals surface area contributed by atoms with Gasteiger partial charge in [0.15, 0.2) is 0 Å². The number of carbonyl (C=O) groups excluding carboxylic acids is 2. The Morgan fingerprint density at radius 2 is 1.93 bits per heavy atom. The third-order valence-electron chi connectivity index (χ3n) is 7.02. The Morgan fingerprint density at radius 3 is 2.69 bits per heavy atom. The van der Waals surface area contributed by atoms with E-state index in [-0.39, 0.29) is 23.7 Å². The van der Waals surface area contributed by atoms with Gasteiger partial charge in [0, 0.05) is 25.3 Å². The van der Waals surface area contributed by atoms with Gasteiger partial charge in [-0.15, -0.1) is 0 Å². The fourth-order valence-electron chi connectivity index (χ4n) is 5.15. The number of nitrogens with zero attached hydrogens (tertiary/aromatic N) is 1. The van der Waals surface area contributed by atoms with Crippen molar-refractivity contribution in [2.75, 3.05) is 39.3 Å². The number of aryl methyl sites for hydroxylation is 1. The molecule has 0 bridgehead atoms. The lowest BCUT2D eigenvalue weighted by atomic mass is 9.83. The highest BCUT2D eigenvalue weighted by Gasteiger charge is 2.46. The van der Waals surface area contributed by atoms with Crippen LogP contribution in [0.15, 0.2) is 24.3 Å². The third kappa shape index (κ3) is 5.00. The van der Waals surface area contributed by atoms with E-state index in [2.05, 4.69) is 29.2 Å². The van der Waals surface area contributed by atoms with E-state index in [1.165, 1.54) is 37.1 Å². The maximum absolute atomic E-state index is 13.5. The Kier molecular flexibility index (Phi) is 6.53. The van der Waals surface area contributed by atoms with Crippen molar-refractivity contribution in [2.45, 2.75) is 45.4 Å². The average Bonchev–Trinajstić information content (AvgIpc) is 3.32. The van der Waals surface area contributed by atoms with Crippen LogP contribution in [0.1, 0.15) is 43.7 Å². The Morgan fingerprint density at radius 1 is 1.17 bits per heavy atom. The zero-order valence-electron chi connectivity index (χ0n) is 17.7. The minimum absolute atomic E-state index is 0.00327. The summed E-state index contributed by atoms with van der Waals surface area (Å²) in [6.07, 6.45) is 6.26. The van der Waals surface area contributed by atoms with Crippen molar-refractivity contribution >= 4 is 11.9 Å². The largest absolute Gasteiger partial charge is 0.466 e. The van der Waals surface area contributed by atoms with Crippen molar-refractivity contribution < 1.29 is 19.2 Å². The molecule has 0 aromatic heterocycles. The summed E-state index contributed by atoms with van der Waals surface area (Å²) in [5, 5.41) is 0. The topological polar surface area (TPSA) is 51.0 Å². The van der Waals surface area contributed by atoms with Crippen molar-refractivity contribution in [1.29, 1.82) is 0 Å². The summed E-state index contributed by atoms with van der Waals surface area (Å²) in [6, 6.07) is 8.53. The van der Waals surface area contributed by atoms with Gasteiger partial charge in [0.1, 0.15) is 0 Å². The molecular weight excluding hydrogens is 364 g/mol. The fraction of sp³-hybridized carbons (Fsp3) is 0.667. The zero-order chi connectivity index (χ0) is 20.2. The monoisotopic (exact) mass is 399 g/mol. The number of likely N-dealkylation sites (tertiary alicyclic amines) is 1. The van der Waals surface area contributed by atoms with Crippen molar-refractivity contribution in [1.82, 2.24) is 4.90 Å². The smallest absolute Gasteiger partial charge is 0.309 e. The molecule has 1 saturated carbocycles. The molecule has 1 aliphatic heterocycles. The number of esters is 1. The van der Waals surface area contributed by atoms with Crippen molar-refractivity contribution in [3.8, 4) is 0 Å². The highest BCUT2D eigenvalue weighted by molar-refractivity contribution is 5.80. The van der Waals surface area contributed by atoms with Crippen LogP contribution in [-0.2, 0) is 27.2 Å². The first-order valence-corrected chi connectivity index (χ1v) is 11.5.